The highest BCUT2D eigenvalue weighted by molar-refractivity contribution is 5.84. The lowest BCUT2D eigenvalue weighted by atomic mass is 9.85. The molecule has 0 aromatic carbocycles. The lowest BCUT2D eigenvalue weighted by Crippen LogP contribution is -2.44. The van der Waals surface area contributed by atoms with E-state index in [-0.39, 0.29) is 17.2 Å². The number of Topliss-reactive ketones (excluding diaryl/α,β-unsaturated/α-hetero) is 1. The van der Waals surface area contributed by atoms with Crippen LogP contribution in [-0.2, 0) is 9.59 Å². The van der Waals surface area contributed by atoms with Gasteiger partial charge in [0.25, 0.3) is 0 Å². The molecule has 0 aromatic heterocycles. The monoisotopic (exact) mass is 274 g/mol. The molecule has 0 fully saturated rings. The van der Waals surface area contributed by atoms with Crippen LogP contribution in [0.1, 0.15) is 55.4 Å². The van der Waals surface area contributed by atoms with Crippen LogP contribution in [0, 0.1) is 11.3 Å². The number of amides is 1. The average Bonchev–Trinajstić information content (AvgIpc) is 2.27. The molecule has 0 aliphatic heterocycles. The van der Waals surface area contributed by atoms with Gasteiger partial charge in [0.1, 0.15) is 0 Å². The van der Waals surface area contributed by atoms with Gasteiger partial charge in [0.15, 0.2) is 5.78 Å². The first-order chi connectivity index (χ1) is 8.66. The second-order valence-corrected chi connectivity index (χ2v) is 5.65. The van der Waals surface area contributed by atoms with E-state index < -0.39 is 0 Å². The molecule has 1 amide bonds. The minimum atomic E-state index is -0.375. The molecule has 1 unspecified atom stereocenters. The zero-order chi connectivity index (χ0) is 16.1. The van der Waals surface area contributed by atoms with E-state index in [1.54, 1.807) is 0 Å². The van der Waals surface area contributed by atoms with Gasteiger partial charge in [-0.15, -0.1) is 0 Å². The van der Waals surface area contributed by atoms with Gasteiger partial charge in [-0.1, -0.05) is 48.5 Å². The Labute approximate surface area is 119 Å². The van der Waals surface area contributed by atoms with Crippen LogP contribution in [0.2, 0.25) is 0 Å². The molecule has 0 saturated carbocycles. The van der Waals surface area contributed by atoms with Gasteiger partial charge in [0.05, 0.1) is 6.04 Å². The number of hydrogen-bond donors (Lipinski definition) is 2. The van der Waals surface area contributed by atoms with E-state index >= 15 is 0 Å². The Hall–Kier alpha value is -0.900. The third kappa shape index (κ3) is 17.1. The first-order valence-corrected chi connectivity index (χ1v) is 7.01. The molecule has 4 heteroatoms. The van der Waals surface area contributed by atoms with E-state index in [1.807, 2.05) is 41.7 Å². The molecule has 0 aliphatic rings. The van der Waals surface area contributed by atoms with Crippen LogP contribution < -0.4 is 10.6 Å². The summed E-state index contributed by atoms with van der Waals surface area (Å²) in [6, 6.07) is -0.375. The topological polar surface area (TPSA) is 58.2 Å². The van der Waals surface area contributed by atoms with Crippen LogP contribution in [0.15, 0.2) is 0 Å². The molecule has 1 atom stereocenters. The molecule has 2 N–H and O–H groups in total. The molecule has 116 valence electrons. The zero-order valence-corrected chi connectivity index (χ0v) is 14.3. The molecule has 0 heterocycles. The Morgan fingerprint density at radius 3 is 1.68 bits per heavy atom. The Morgan fingerprint density at radius 1 is 1.21 bits per heavy atom. The van der Waals surface area contributed by atoms with Crippen LogP contribution in [0.3, 0.4) is 0 Å². The summed E-state index contributed by atoms with van der Waals surface area (Å²) in [6.07, 6.45) is 0.567. The van der Waals surface area contributed by atoms with Crippen molar-refractivity contribution >= 4 is 12.2 Å². The molecule has 0 aliphatic carbocycles. The van der Waals surface area contributed by atoms with Crippen LogP contribution >= 0.6 is 0 Å². The van der Waals surface area contributed by atoms with E-state index in [0.717, 1.165) is 12.5 Å². The minimum absolute atomic E-state index is 0.00963. The Bertz CT molecular complexity index is 221. The summed E-state index contributed by atoms with van der Waals surface area (Å²) < 4.78 is 0. The molecule has 0 spiro atoms. The number of carbonyl (C=O) groups excluding carboxylic acids is 2. The lowest BCUT2D eigenvalue weighted by molar-refractivity contribution is -0.124. The maximum absolute atomic E-state index is 11.0. The van der Waals surface area contributed by atoms with Crippen molar-refractivity contribution in [1.82, 2.24) is 10.6 Å². The second kappa shape index (κ2) is 13.5. The van der Waals surface area contributed by atoms with Gasteiger partial charge in [-0.25, -0.2) is 0 Å². The smallest absolute Gasteiger partial charge is 0.207 e. The lowest BCUT2D eigenvalue weighted by Gasteiger charge is -2.27. The molecule has 0 saturated heterocycles. The average molecular weight is 274 g/mol. The van der Waals surface area contributed by atoms with E-state index in [1.165, 1.54) is 6.92 Å². The van der Waals surface area contributed by atoms with Crippen LogP contribution in [0.25, 0.3) is 0 Å². The first kappa shape index (κ1) is 23.2. The van der Waals surface area contributed by atoms with Crippen molar-refractivity contribution < 1.29 is 9.59 Å². The van der Waals surface area contributed by atoms with Crippen molar-refractivity contribution in [1.29, 1.82) is 0 Å². The van der Waals surface area contributed by atoms with Gasteiger partial charge in [-0.3, -0.25) is 9.59 Å². The maximum atomic E-state index is 11.0. The quantitative estimate of drug-likeness (QED) is 0.758. The van der Waals surface area contributed by atoms with E-state index in [2.05, 4.69) is 24.5 Å². The summed E-state index contributed by atoms with van der Waals surface area (Å²) in [4.78, 5) is 21.1. The van der Waals surface area contributed by atoms with Gasteiger partial charge in [0.2, 0.25) is 6.41 Å². The van der Waals surface area contributed by atoms with Crippen LogP contribution in [0.5, 0.6) is 0 Å². The van der Waals surface area contributed by atoms with Crippen LogP contribution in [-0.4, -0.2) is 31.8 Å². The highest BCUT2D eigenvalue weighted by Gasteiger charge is 2.27. The van der Waals surface area contributed by atoms with E-state index in [0.29, 0.717) is 6.41 Å². The molecule has 0 aromatic rings. The van der Waals surface area contributed by atoms with E-state index in [4.69, 9.17) is 0 Å². The van der Waals surface area contributed by atoms with Crippen molar-refractivity contribution in [2.45, 2.75) is 61.4 Å². The largest absolute Gasteiger partial charge is 0.348 e. The van der Waals surface area contributed by atoms with Crippen molar-refractivity contribution in [2.75, 3.05) is 13.6 Å². The van der Waals surface area contributed by atoms with Gasteiger partial charge >= 0.3 is 0 Å². The highest BCUT2D eigenvalue weighted by Crippen LogP contribution is 2.19. The van der Waals surface area contributed by atoms with Gasteiger partial charge < -0.3 is 10.6 Å². The molecular formula is C15H34N2O2. The predicted octanol–water partition coefficient (Wildman–Crippen LogP) is 2.62. The van der Waals surface area contributed by atoms with E-state index in [9.17, 15) is 9.59 Å². The molecule has 0 bridgehead atoms. The fourth-order valence-corrected chi connectivity index (χ4v) is 1.45. The third-order valence-corrected chi connectivity index (χ3v) is 2.12. The number of carbonyl (C=O) groups is 2. The predicted molar refractivity (Wildman–Crippen MR) is 83.2 cm³/mol. The fraction of sp³-hybridized carbons (Fsp3) is 0.867. The summed E-state index contributed by atoms with van der Waals surface area (Å²) in [5.41, 5.74) is -0.202. The molecular weight excluding hydrogens is 240 g/mol. The van der Waals surface area contributed by atoms with Crippen molar-refractivity contribution in [3.8, 4) is 0 Å². The van der Waals surface area contributed by atoms with Crippen molar-refractivity contribution in [3.05, 3.63) is 0 Å². The first-order valence-electron chi connectivity index (χ1n) is 7.01. The van der Waals surface area contributed by atoms with Gasteiger partial charge in [-0.05, 0) is 31.8 Å². The Morgan fingerprint density at radius 2 is 1.63 bits per heavy atom. The Balaban J connectivity index is -0.000000271. The normalized spacial score (nSPS) is 11.5. The number of ketones is 1. The van der Waals surface area contributed by atoms with Crippen molar-refractivity contribution in [2.24, 2.45) is 11.3 Å². The molecule has 0 rings (SSSR count). The van der Waals surface area contributed by atoms with Gasteiger partial charge in [0, 0.05) is 0 Å². The summed E-state index contributed by atoms with van der Waals surface area (Å²) >= 11 is 0. The maximum Gasteiger partial charge on any atom is 0.207 e. The number of rotatable bonds is 5. The second-order valence-electron chi connectivity index (χ2n) is 5.65. The third-order valence-electron chi connectivity index (χ3n) is 2.12. The Kier molecular flexibility index (Phi) is 16.5. The SMILES string of the molecule is CC.CC(=O)C(NC=O)C(C)(C)C.CNCC(C)C. The molecule has 0 radical (unpaired) electrons. The number of hydrogen-bond acceptors (Lipinski definition) is 3. The molecule has 19 heavy (non-hydrogen) atoms. The standard InChI is InChI=1S/C8H15NO2.C5H13N.C2H6/c1-6(11)7(9-5-10)8(2,3)4;1-5(2)4-6-3;1-2/h5,7H,1-4H3,(H,9,10);5-6H,4H2,1-3H3;1-2H3. The van der Waals surface area contributed by atoms with Crippen LogP contribution in [0.4, 0.5) is 0 Å². The fourth-order valence-electron chi connectivity index (χ4n) is 1.45. The summed E-state index contributed by atoms with van der Waals surface area (Å²) in [6.45, 7) is 16.7. The molecule has 4 nitrogen and oxygen atoms in total. The minimum Gasteiger partial charge on any atom is -0.348 e. The summed E-state index contributed by atoms with van der Waals surface area (Å²) in [5, 5.41) is 5.56. The highest BCUT2D eigenvalue weighted by atomic mass is 16.1. The van der Waals surface area contributed by atoms with Gasteiger partial charge in [-0.2, -0.15) is 0 Å². The summed E-state index contributed by atoms with van der Waals surface area (Å²) in [7, 11) is 1.97. The summed E-state index contributed by atoms with van der Waals surface area (Å²) in [5.74, 6) is 0.777. The van der Waals surface area contributed by atoms with Crippen molar-refractivity contribution in [3.63, 3.8) is 0 Å². The zero-order valence-electron chi connectivity index (χ0n) is 14.3. The number of nitrogens with one attached hydrogen (secondary N) is 2.